The number of likely N-dealkylation sites (tertiary alicyclic amines) is 1. The van der Waals surface area contributed by atoms with Crippen LogP contribution in [0, 0.1) is 0 Å². The lowest BCUT2D eigenvalue weighted by atomic mass is 10.0. The standard InChI is InChI=1S/C17H22BrNO5/c1-11-6-4-5-7-19(11)15(20)10-24-17(21)12-8-13(22-2)16(18)14(9-12)23-3/h8-9,11H,4-7,10H2,1-3H3/t11-/m1/s1. The normalized spacial score (nSPS) is 17.3. The summed E-state index contributed by atoms with van der Waals surface area (Å²) in [5.74, 6) is 0.165. The molecule has 1 aliphatic heterocycles. The fourth-order valence-electron chi connectivity index (χ4n) is 2.75. The van der Waals surface area contributed by atoms with Crippen molar-refractivity contribution in [1.82, 2.24) is 4.90 Å². The molecule has 0 N–H and O–H groups in total. The lowest BCUT2D eigenvalue weighted by Crippen LogP contribution is -2.44. The summed E-state index contributed by atoms with van der Waals surface area (Å²) in [6, 6.07) is 3.28. The number of hydrogen-bond acceptors (Lipinski definition) is 5. The Morgan fingerprint density at radius 3 is 2.38 bits per heavy atom. The van der Waals surface area contributed by atoms with Crippen LogP contribution in [0.5, 0.6) is 11.5 Å². The predicted octanol–water partition coefficient (Wildman–Crippen LogP) is 3.02. The maximum absolute atomic E-state index is 12.2. The van der Waals surface area contributed by atoms with Crippen LogP contribution in [0.15, 0.2) is 16.6 Å². The molecule has 1 atom stereocenters. The number of rotatable bonds is 5. The van der Waals surface area contributed by atoms with Gasteiger partial charge in [-0.05, 0) is 54.2 Å². The van der Waals surface area contributed by atoms with Gasteiger partial charge in [0.05, 0.1) is 19.8 Å². The number of amides is 1. The van der Waals surface area contributed by atoms with Gasteiger partial charge in [-0.2, -0.15) is 0 Å². The van der Waals surface area contributed by atoms with Gasteiger partial charge in [0.1, 0.15) is 16.0 Å². The van der Waals surface area contributed by atoms with Gasteiger partial charge in [0.15, 0.2) is 6.61 Å². The van der Waals surface area contributed by atoms with E-state index < -0.39 is 5.97 Å². The minimum atomic E-state index is -0.586. The average molecular weight is 400 g/mol. The van der Waals surface area contributed by atoms with Gasteiger partial charge in [0.2, 0.25) is 0 Å². The van der Waals surface area contributed by atoms with Crippen molar-refractivity contribution in [2.24, 2.45) is 0 Å². The Hall–Kier alpha value is -1.76. The molecular formula is C17H22BrNO5. The Morgan fingerprint density at radius 1 is 1.21 bits per heavy atom. The molecule has 1 heterocycles. The molecule has 1 amide bonds. The van der Waals surface area contributed by atoms with Gasteiger partial charge in [-0.1, -0.05) is 0 Å². The highest BCUT2D eigenvalue weighted by Gasteiger charge is 2.24. The molecule has 2 rings (SSSR count). The van der Waals surface area contributed by atoms with E-state index >= 15 is 0 Å². The van der Waals surface area contributed by atoms with Crippen molar-refractivity contribution in [3.05, 3.63) is 22.2 Å². The zero-order chi connectivity index (χ0) is 17.7. The second-order valence-corrected chi connectivity index (χ2v) is 6.50. The van der Waals surface area contributed by atoms with Gasteiger partial charge in [0.25, 0.3) is 5.91 Å². The molecular weight excluding hydrogens is 378 g/mol. The quantitative estimate of drug-likeness (QED) is 0.711. The van der Waals surface area contributed by atoms with E-state index in [0.29, 0.717) is 16.0 Å². The van der Waals surface area contributed by atoms with Crippen molar-refractivity contribution in [1.29, 1.82) is 0 Å². The van der Waals surface area contributed by atoms with Gasteiger partial charge in [-0.3, -0.25) is 4.79 Å². The third-order valence-corrected chi connectivity index (χ3v) is 4.91. The molecule has 0 spiro atoms. The minimum absolute atomic E-state index is 0.161. The highest BCUT2D eigenvalue weighted by atomic mass is 79.9. The topological polar surface area (TPSA) is 65.1 Å². The van der Waals surface area contributed by atoms with E-state index in [4.69, 9.17) is 14.2 Å². The Labute approximate surface area is 150 Å². The maximum atomic E-state index is 12.2. The van der Waals surface area contributed by atoms with Crippen LogP contribution in [-0.2, 0) is 9.53 Å². The summed E-state index contributed by atoms with van der Waals surface area (Å²) in [7, 11) is 2.99. The zero-order valence-electron chi connectivity index (χ0n) is 14.1. The Morgan fingerprint density at radius 2 is 1.83 bits per heavy atom. The number of piperidine rings is 1. The number of nitrogens with zero attached hydrogens (tertiary/aromatic N) is 1. The van der Waals surface area contributed by atoms with Crippen molar-refractivity contribution in [3.8, 4) is 11.5 Å². The second-order valence-electron chi connectivity index (χ2n) is 5.70. The van der Waals surface area contributed by atoms with Crippen LogP contribution < -0.4 is 9.47 Å². The fraction of sp³-hybridized carbons (Fsp3) is 0.529. The van der Waals surface area contributed by atoms with Crippen molar-refractivity contribution in [3.63, 3.8) is 0 Å². The molecule has 0 bridgehead atoms. The van der Waals surface area contributed by atoms with Crippen LogP contribution >= 0.6 is 15.9 Å². The zero-order valence-corrected chi connectivity index (χ0v) is 15.7. The molecule has 0 aliphatic carbocycles. The first kappa shape index (κ1) is 18.6. The first-order valence-corrected chi connectivity index (χ1v) is 8.65. The van der Waals surface area contributed by atoms with E-state index in [1.807, 2.05) is 6.92 Å². The third kappa shape index (κ3) is 4.20. The number of esters is 1. The molecule has 0 aromatic heterocycles. The van der Waals surface area contributed by atoms with Gasteiger partial charge < -0.3 is 19.1 Å². The first-order chi connectivity index (χ1) is 11.5. The van der Waals surface area contributed by atoms with Crippen LogP contribution in [0.2, 0.25) is 0 Å². The molecule has 1 saturated heterocycles. The lowest BCUT2D eigenvalue weighted by molar-refractivity contribution is -0.137. The number of carbonyl (C=O) groups excluding carboxylic acids is 2. The fourth-order valence-corrected chi connectivity index (χ4v) is 3.30. The molecule has 6 nitrogen and oxygen atoms in total. The van der Waals surface area contributed by atoms with E-state index in [0.717, 1.165) is 25.8 Å². The van der Waals surface area contributed by atoms with Crippen molar-refractivity contribution < 1.29 is 23.8 Å². The summed E-state index contributed by atoms with van der Waals surface area (Å²) in [6.45, 7) is 2.48. The second kappa shape index (κ2) is 8.37. The smallest absolute Gasteiger partial charge is 0.338 e. The lowest BCUT2D eigenvalue weighted by Gasteiger charge is -2.33. The molecule has 0 radical (unpaired) electrons. The van der Waals surface area contributed by atoms with Gasteiger partial charge in [-0.15, -0.1) is 0 Å². The maximum Gasteiger partial charge on any atom is 0.338 e. The molecule has 1 aromatic rings. The van der Waals surface area contributed by atoms with E-state index in [2.05, 4.69) is 15.9 Å². The van der Waals surface area contributed by atoms with E-state index in [9.17, 15) is 9.59 Å². The van der Waals surface area contributed by atoms with Crippen LogP contribution in [0.1, 0.15) is 36.5 Å². The summed E-state index contributed by atoms with van der Waals surface area (Å²) in [5.41, 5.74) is 0.270. The summed E-state index contributed by atoms with van der Waals surface area (Å²) in [6.07, 6.45) is 3.11. The number of benzene rings is 1. The summed E-state index contributed by atoms with van der Waals surface area (Å²) >= 11 is 3.34. The third-order valence-electron chi connectivity index (χ3n) is 4.13. The van der Waals surface area contributed by atoms with Gasteiger partial charge >= 0.3 is 5.97 Å². The highest BCUT2D eigenvalue weighted by molar-refractivity contribution is 9.10. The molecule has 1 fully saturated rings. The highest BCUT2D eigenvalue weighted by Crippen LogP contribution is 2.35. The molecule has 0 saturated carbocycles. The van der Waals surface area contributed by atoms with E-state index in [1.165, 1.54) is 14.2 Å². The Bertz CT molecular complexity index is 594. The number of halogens is 1. The largest absolute Gasteiger partial charge is 0.495 e. The van der Waals surface area contributed by atoms with Crippen LogP contribution in [0.3, 0.4) is 0 Å². The number of hydrogen-bond donors (Lipinski definition) is 0. The Balaban J connectivity index is 2.03. The van der Waals surface area contributed by atoms with Crippen LogP contribution in [0.4, 0.5) is 0 Å². The number of carbonyl (C=O) groups is 2. The monoisotopic (exact) mass is 399 g/mol. The number of ether oxygens (including phenoxy) is 3. The van der Waals surface area contributed by atoms with Gasteiger partial charge in [0, 0.05) is 12.6 Å². The SMILES string of the molecule is COc1cc(C(=O)OCC(=O)N2CCCC[C@H]2C)cc(OC)c1Br. The first-order valence-electron chi connectivity index (χ1n) is 7.86. The molecule has 132 valence electrons. The van der Waals surface area contributed by atoms with Crippen molar-refractivity contribution >= 4 is 27.8 Å². The van der Waals surface area contributed by atoms with E-state index in [-0.39, 0.29) is 24.1 Å². The Kier molecular flexibility index (Phi) is 6.48. The van der Waals surface area contributed by atoms with Crippen LogP contribution in [0.25, 0.3) is 0 Å². The minimum Gasteiger partial charge on any atom is -0.495 e. The van der Waals surface area contributed by atoms with E-state index in [1.54, 1.807) is 17.0 Å². The molecule has 24 heavy (non-hydrogen) atoms. The summed E-state index contributed by atoms with van der Waals surface area (Å²) in [5, 5.41) is 0. The molecule has 7 heteroatoms. The summed E-state index contributed by atoms with van der Waals surface area (Å²) in [4.78, 5) is 26.3. The van der Waals surface area contributed by atoms with Crippen molar-refractivity contribution in [2.45, 2.75) is 32.2 Å². The molecule has 1 aromatic carbocycles. The average Bonchev–Trinajstić information content (AvgIpc) is 2.59. The number of methoxy groups -OCH3 is 2. The van der Waals surface area contributed by atoms with Gasteiger partial charge in [-0.25, -0.2) is 4.79 Å². The van der Waals surface area contributed by atoms with Crippen LogP contribution in [-0.4, -0.2) is 50.2 Å². The predicted molar refractivity (Wildman–Crippen MR) is 92.6 cm³/mol. The van der Waals surface area contributed by atoms with Crippen molar-refractivity contribution in [2.75, 3.05) is 27.4 Å². The molecule has 0 unspecified atom stereocenters. The summed E-state index contributed by atoms with van der Waals surface area (Å²) < 4.78 is 16.2. The molecule has 1 aliphatic rings.